The van der Waals surface area contributed by atoms with Crippen LogP contribution in [0, 0.1) is 13.8 Å². The van der Waals surface area contributed by atoms with Crippen LogP contribution in [0.25, 0.3) is 0 Å². The van der Waals surface area contributed by atoms with Crippen LogP contribution in [0.4, 0.5) is 0 Å². The predicted molar refractivity (Wildman–Crippen MR) is 61.8 cm³/mol. The number of aryl methyl sites for hydroxylation is 2. The van der Waals surface area contributed by atoms with Crippen LogP contribution in [0.5, 0.6) is 0 Å². The van der Waals surface area contributed by atoms with Crippen molar-refractivity contribution in [1.82, 2.24) is 9.88 Å². The molecular formula is C12H22N2. The van der Waals surface area contributed by atoms with Crippen LogP contribution in [-0.2, 0) is 13.0 Å². The number of nitrogens with one attached hydrogen (secondary N) is 1. The first kappa shape index (κ1) is 11.3. The molecule has 0 saturated carbocycles. The van der Waals surface area contributed by atoms with E-state index >= 15 is 0 Å². The topological polar surface area (TPSA) is 17.0 Å². The first-order valence-corrected chi connectivity index (χ1v) is 5.51. The summed E-state index contributed by atoms with van der Waals surface area (Å²) in [6, 6.07) is 2.33. The van der Waals surface area contributed by atoms with E-state index in [9.17, 15) is 0 Å². The Bertz CT molecular complexity index is 287. The average molecular weight is 194 g/mol. The first-order chi connectivity index (χ1) is 6.70. The summed E-state index contributed by atoms with van der Waals surface area (Å²) in [6.07, 6.45) is 2.42. The van der Waals surface area contributed by atoms with Crippen molar-refractivity contribution >= 4 is 0 Å². The molecule has 0 radical (unpaired) electrons. The van der Waals surface area contributed by atoms with Gasteiger partial charge in [0.05, 0.1) is 0 Å². The lowest BCUT2D eigenvalue weighted by molar-refractivity contribution is 0.699. The minimum absolute atomic E-state index is 1.09. The van der Waals surface area contributed by atoms with Crippen molar-refractivity contribution in [3.63, 3.8) is 0 Å². The molecule has 0 bridgehead atoms. The molecule has 14 heavy (non-hydrogen) atoms. The Balaban J connectivity index is 2.68. The molecule has 0 fully saturated rings. The highest BCUT2D eigenvalue weighted by atomic mass is 15.0. The molecule has 0 unspecified atom stereocenters. The molecule has 0 saturated heterocycles. The van der Waals surface area contributed by atoms with Crippen LogP contribution >= 0.6 is 0 Å². The smallest absolute Gasteiger partial charge is 0.0196 e. The highest BCUT2D eigenvalue weighted by Crippen LogP contribution is 2.16. The average Bonchev–Trinajstić information content (AvgIpc) is 2.42. The molecule has 2 heteroatoms. The van der Waals surface area contributed by atoms with Crippen molar-refractivity contribution in [2.24, 2.45) is 0 Å². The monoisotopic (exact) mass is 194 g/mol. The zero-order chi connectivity index (χ0) is 10.6. The minimum Gasteiger partial charge on any atom is -0.349 e. The Morgan fingerprint density at radius 1 is 1.36 bits per heavy atom. The standard InChI is InChI=1S/C12H22N2/c1-5-14-10(2)9-12(11(14)3)7-6-8-13-4/h9,13H,5-8H2,1-4H3. The quantitative estimate of drug-likeness (QED) is 0.712. The van der Waals surface area contributed by atoms with Crippen LogP contribution in [0.3, 0.4) is 0 Å². The molecule has 0 aromatic carbocycles. The maximum absolute atomic E-state index is 3.19. The van der Waals surface area contributed by atoms with Gasteiger partial charge in [-0.05, 0) is 58.8 Å². The number of nitrogens with zero attached hydrogens (tertiary/aromatic N) is 1. The second-order valence-electron chi connectivity index (χ2n) is 3.85. The third kappa shape index (κ3) is 2.38. The van der Waals surface area contributed by atoms with Gasteiger partial charge in [-0.25, -0.2) is 0 Å². The molecule has 2 nitrogen and oxygen atoms in total. The van der Waals surface area contributed by atoms with Crippen LogP contribution < -0.4 is 5.32 Å². The number of hydrogen-bond acceptors (Lipinski definition) is 1. The summed E-state index contributed by atoms with van der Waals surface area (Å²) in [4.78, 5) is 0. The van der Waals surface area contributed by atoms with Gasteiger partial charge < -0.3 is 9.88 Å². The van der Waals surface area contributed by atoms with E-state index in [1.165, 1.54) is 29.8 Å². The van der Waals surface area contributed by atoms with Crippen molar-refractivity contribution in [2.45, 2.75) is 40.2 Å². The zero-order valence-corrected chi connectivity index (χ0v) is 9.85. The minimum atomic E-state index is 1.09. The molecule has 1 heterocycles. The fourth-order valence-corrected chi connectivity index (χ4v) is 2.07. The largest absolute Gasteiger partial charge is 0.349 e. The van der Waals surface area contributed by atoms with E-state index in [0.29, 0.717) is 0 Å². The number of hydrogen-bond donors (Lipinski definition) is 1. The lowest BCUT2D eigenvalue weighted by atomic mass is 10.1. The van der Waals surface area contributed by atoms with Gasteiger partial charge in [-0.1, -0.05) is 0 Å². The molecule has 1 rings (SSSR count). The van der Waals surface area contributed by atoms with Crippen molar-refractivity contribution in [3.8, 4) is 0 Å². The van der Waals surface area contributed by atoms with E-state index in [1.54, 1.807) is 0 Å². The number of aromatic nitrogens is 1. The summed E-state index contributed by atoms with van der Waals surface area (Å²) >= 11 is 0. The second kappa shape index (κ2) is 5.20. The van der Waals surface area contributed by atoms with Gasteiger partial charge in [0, 0.05) is 17.9 Å². The van der Waals surface area contributed by atoms with E-state index in [1.807, 2.05) is 7.05 Å². The Kier molecular flexibility index (Phi) is 4.21. The maximum atomic E-state index is 3.19. The SMILES string of the molecule is CCn1c(C)cc(CCCNC)c1C. The molecule has 0 atom stereocenters. The summed E-state index contributed by atoms with van der Waals surface area (Å²) in [6.45, 7) is 8.82. The molecule has 1 aromatic heterocycles. The second-order valence-corrected chi connectivity index (χ2v) is 3.85. The van der Waals surface area contributed by atoms with Crippen molar-refractivity contribution in [1.29, 1.82) is 0 Å². The molecule has 0 aliphatic heterocycles. The Labute approximate surface area is 87.3 Å². The Morgan fingerprint density at radius 2 is 2.07 bits per heavy atom. The Hall–Kier alpha value is -0.760. The summed E-state index contributed by atoms with van der Waals surface area (Å²) < 4.78 is 2.38. The molecule has 0 aliphatic rings. The summed E-state index contributed by atoms with van der Waals surface area (Å²) in [5, 5.41) is 3.19. The van der Waals surface area contributed by atoms with Gasteiger partial charge in [-0.15, -0.1) is 0 Å². The highest BCUT2D eigenvalue weighted by Gasteiger charge is 2.06. The van der Waals surface area contributed by atoms with Gasteiger partial charge in [-0.3, -0.25) is 0 Å². The van der Waals surface area contributed by atoms with E-state index < -0.39 is 0 Å². The lowest BCUT2D eigenvalue weighted by Gasteiger charge is -2.05. The molecular weight excluding hydrogens is 172 g/mol. The summed E-state index contributed by atoms with van der Waals surface area (Å²) in [5.41, 5.74) is 4.35. The molecule has 1 N–H and O–H groups in total. The van der Waals surface area contributed by atoms with E-state index in [2.05, 4.69) is 36.7 Å². The third-order valence-electron chi connectivity index (χ3n) is 2.87. The van der Waals surface area contributed by atoms with Crippen molar-refractivity contribution in [3.05, 3.63) is 23.0 Å². The van der Waals surface area contributed by atoms with Crippen LogP contribution in [-0.4, -0.2) is 18.2 Å². The molecule has 1 aromatic rings. The third-order valence-corrected chi connectivity index (χ3v) is 2.87. The van der Waals surface area contributed by atoms with Crippen molar-refractivity contribution in [2.75, 3.05) is 13.6 Å². The molecule has 80 valence electrons. The van der Waals surface area contributed by atoms with Crippen LogP contribution in [0.2, 0.25) is 0 Å². The van der Waals surface area contributed by atoms with E-state index in [0.717, 1.165) is 13.1 Å². The fourth-order valence-electron chi connectivity index (χ4n) is 2.07. The summed E-state index contributed by atoms with van der Waals surface area (Å²) in [7, 11) is 2.01. The number of rotatable bonds is 5. The van der Waals surface area contributed by atoms with E-state index in [4.69, 9.17) is 0 Å². The Morgan fingerprint density at radius 3 is 2.57 bits per heavy atom. The maximum Gasteiger partial charge on any atom is 0.0196 e. The van der Waals surface area contributed by atoms with E-state index in [-0.39, 0.29) is 0 Å². The molecule has 0 amide bonds. The van der Waals surface area contributed by atoms with Crippen LogP contribution in [0.1, 0.15) is 30.3 Å². The van der Waals surface area contributed by atoms with Crippen LogP contribution in [0.15, 0.2) is 6.07 Å². The van der Waals surface area contributed by atoms with Gasteiger partial charge in [0.2, 0.25) is 0 Å². The van der Waals surface area contributed by atoms with Gasteiger partial charge in [0.25, 0.3) is 0 Å². The first-order valence-electron chi connectivity index (χ1n) is 5.51. The van der Waals surface area contributed by atoms with Gasteiger partial charge in [-0.2, -0.15) is 0 Å². The summed E-state index contributed by atoms with van der Waals surface area (Å²) in [5.74, 6) is 0. The lowest BCUT2D eigenvalue weighted by Crippen LogP contribution is -2.08. The van der Waals surface area contributed by atoms with Crippen molar-refractivity contribution < 1.29 is 0 Å². The molecule has 0 aliphatic carbocycles. The van der Waals surface area contributed by atoms with Gasteiger partial charge in [0.1, 0.15) is 0 Å². The zero-order valence-electron chi connectivity index (χ0n) is 9.85. The predicted octanol–water partition coefficient (Wildman–Crippen LogP) is 2.28. The highest BCUT2D eigenvalue weighted by molar-refractivity contribution is 5.26. The fraction of sp³-hybridized carbons (Fsp3) is 0.667. The van der Waals surface area contributed by atoms with Gasteiger partial charge >= 0.3 is 0 Å². The van der Waals surface area contributed by atoms with Gasteiger partial charge in [0.15, 0.2) is 0 Å². The normalized spacial score (nSPS) is 10.9. The molecule has 0 spiro atoms.